The molecule has 2 aliphatic heterocycles. The molecule has 10 rings (SSSR count). The number of ether oxygens (including phenoxy) is 1. The summed E-state index contributed by atoms with van der Waals surface area (Å²) in [4.78, 5) is 14.8. The van der Waals surface area contributed by atoms with Crippen LogP contribution in [0.2, 0.25) is 0 Å². The first kappa shape index (κ1) is 34.7. The molecule has 276 valence electrons. The number of fused-ring (bicyclic) bond motifs is 3. The number of allylic oxidation sites excluding steroid dienone is 4. The standard InChI is InChI=1S/C53H38N4O/c1-37-17-5-4-14-32-56(43-24-16-25-44(35-43)57-49-26-10-12-28-51(49)58-52-29-13-11-27-50(52)57)48-31-30-41(34-45(37)48)40-22-15-23-42(33-40)53-54-46(38-18-6-2-7-19-38)36-47(55-53)39-20-8-3-9-21-39/h2-31,33-36H,1,32H2/b14-4-,17-5-. The highest BCUT2D eigenvalue weighted by atomic mass is 16.5. The summed E-state index contributed by atoms with van der Waals surface area (Å²) in [7, 11) is 0. The lowest BCUT2D eigenvalue weighted by Crippen LogP contribution is -2.20. The fraction of sp³-hybridized carbons (Fsp3) is 0.0189. The second kappa shape index (κ2) is 15.1. The Labute approximate surface area is 338 Å². The number of para-hydroxylation sites is 4. The highest BCUT2D eigenvalue weighted by Crippen LogP contribution is 2.51. The van der Waals surface area contributed by atoms with E-state index in [1.54, 1.807) is 0 Å². The second-order valence-corrected chi connectivity index (χ2v) is 14.3. The van der Waals surface area contributed by atoms with Crippen LogP contribution in [0.5, 0.6) is 11.5 Å². The van der Waals surface area contributed by atoms with Crippen LogP contribution in [-0.2, 0) is 0 Å². The highest BCUT2D eigenvalue weighted by Gasteiger charge is 2.26. The summed E-state index contributed by atoms with van der Waals surface area (Å²) in [6.45, 7) is 5.23. The van der Waals surface area contributed by atoms with Crippen LogP contribution in [-0.4, -0.2) is 16.5 Å². The summed E-state index contributed by atoms with van der Waals surface area (Å²) in [6.07, 6.45) is 8.45. The van der Waals surface area contributed by atoms with Crippen molar-refractivity contribution in [3.63, 3.8) is 0 Å². The molecule has 58 heavy (non-hydrogen) atoms. The van der Waals surface area contributed by atoms with Crippen molar-refractivity contribution >= 4 is 34.0 Å². The van der Waals surface area contributed by atoms with Gasteiger partial charge in [-0.2, -0.15) is 0 Å². The Hall–Kier alpha value is -7.76. The fourth-order valence-corrected chi connectivity index (χ4v) is 7.77. The lowest BCUT2D eigenvalue weighted by Gasteiger charge is -2.34. The van der Waals surface area contributed by atoms with Crippen molar-refractivity contribution in [2.45, 2.75) is 0 Å². The third kappa shape index (κ3) is 6.65. The van der Waals surface area contributed by atoms with Gasteiger partial charge in [0, 0.05) is 45.9 Å². The normalized spacial score (nSPS) is 14.2. The molecule has 0 radical (unpaired) electrons. The number of rotatable bonds is 6. The number of hydrogen-bond acceptors (Lipinski definition) is 5. The summed E-state index contributed by atoms with van der Waals surface area (Å²) < 4.78 is 6.32. The Kier molecular flexibility index (Phi) is 9.01. The largest absolute Gasteiger partial charge is 0.453 e. The van der Waals surface area contributed by atoms with Gasteiger partial charge in [-0.25, -0.2) is 9.97 Å². The third-order valence-electron chi connectivity index (χ3n) is 10.6. The maximum Gasteiger partial charge on any atom is 0.160 e. The van der Waals surface area contributed by atoms with Crippen molar-refractivity contribution < 1.29 is 4.74 Å². The topological polar surface area (TPSA) is 41.5 Å². The third-order valence-corrected chi connectivity index (χ3v) is 10.6. The Morgan fingerprint density at radius 2 is 1.05 bits per heavy atom. The molecule has 7 aromatic carbocycles. The van der Waals surface area contributed by atoms with Gasteiger partial charge in [-0.15, -0.1) is 0 Å². The average molecular weight is 747 g/mol. The van der Waals surface area contributed by atoms with Gasteiger partial charge >= 0.3 is 0 Å². The van der Waals surface area contributed by atoms with E-state index in [0.29, 0.717) is 12.4 Å². The van der Waals surface area contributed by atoms with Gasteiger partial charge in [0.15, 0.2) is 17.3 Å². The molecule has 0 unspecified atom stereocenters. The lowest BCUT2D eigenvalue weighted by atomic mass is 9.96. The molecule has 8 aromatic rings. The molecular weight excluding hydrogens is 709 g/mol. The Morgan fingerprint density at radius 1 is 0.466 bits per heavy atom. The Bertz CT molecular complexity index is 2780. The molecule has 0 amide bonds. The monoisotopic (exact) mass is 746 g/mol. The molecule has 0 N–H and O–H groups in total. The minimum Gasteiger partial charge on any atom is -0.453 e. The Morgan fingerprint density at radius 3 is 1.76 bits per heavy atom. The SMILES string of the molecule is C=C1/C=C\C=C/CN(c2cccc(N3c4ccccc4Oc4ccccc43)c2)c2ccc(-c3cccc(-c4nc(-c5ccccc5)cc(-c5ccccc5)n4)c3)cc21. The summed E-state index contributed by atoms with van der Waals surface area (Å²) in [5.41, 5.74) is 14.2. The van der Waals surface area contributed by atoms with Gasteiger partial charge in [-0.05, 0) is 83.4 Å². The molecule has 5 heteroatoms. The first-order valence-electron chi connectivity index (χ1n) is 19.5. The number of nitrogens with zero attached hydrogens (tertiary/aromatic N) is 4. The number of aromatic nitrogens is 2. The van der Waals surface area contributed by atoms with Crippen LogP contribution in [0.3, 0.4) is 0 Å². The van der Waals surface area contributed by atoms with Crippen LogP contribution < -0.4 is 14.5 Å². The number of hydrogen-bond donors (Lipinski definition) is 0. The summed E-state index contributed by atoms with van der Waals surface area (Å²) in [5.74, 6) is 2.34. The van der Waals surface area contributed by atoms with E-state index in [9.17, 15) is 0 Å². The smallest absolute Gasteiger partial charge is 0.160 e. The van der Waals surface area contributed by atoms with Crippen LogP contribution in [0.1, 0.15) is 5.56 Å². The molecule has 1 aromatic heterocycles. The molecule has 0 spiro atoms. The molecule has 0 atom stereocenters. The molecule has 0 aliphatic carbocycles. The van der Waals surface area contributed by atoms with Crippen molar-refractivity contribution in [1.29, 1.82) is 0 Å². The van der Waals surface area contributed by atoms with Gasteiger partial charge in [0.05, 0.1) is 22.8 Å². The van der Waals surface area contributed by atoms with E-state index in [4.69, 9.17) is 14.7 Å². The highest BCUT2D eigenvalue weighted by molar-refractivity contribution is 5.90. The molecule has 0 fully saturated rings. The predicted molar refractivity (Wildman–Crippen MR) is 239 cm³/mol. The lowest BCUT2D eigenvalue weighted by molar-refractivity contribution is 0.477. The van der Waals surface area contributed by atoms with Crippen LogP contribution in [0.15, 0.2) is 213 Å². The van der Waals surface area contributed by atoms with E-state index in [-0.39, 0.29) is 0 Å². The first-order chi connectivity index (χ1) is 28.7. The molecule has 0 saturated carbocycles. The van der Waals surface area contributed by atoms with Crippen molar-refractivity contribution in [2.24, 2.45) is 0 Å². The van der Waals surface area contributed by atoms with Crippen LogP contribution in [0.4, 0.5) is 28.4 Å². The summed E-state index contributed by atoms with van der Waals surface area (Å²) in [6, 6.07) is 63.0. The van der Waals surface area contributed by atoms with E-state index in [0.717, 1.165) is 90.3 Å². The maximum absolute atomic E-state index is 6.32. The van der Waals surface area contributed by atoms with Crippen LogP contribution in [0.25, 0.3) is 50.6 Å². The van der Waals surface area contributed by atoms with Crippen molar-refractivity contribution in [3.8, 4) is 56.5 Å². The second-order valence-electron chi connectivity index (χ2n) is 14.3. The maximum atomic E-state index is 6.32. The molecule has 2 aliphatic rings. The molecule has 0 bridgehead atoms. The van der Waals surface area contributed by atoms with Gasteiger partial charge in [0.25, 0.3) is 0 Å². The van der Waals surface area contributed by atoms with Gasteiger partial charge < -0.3 is 14.5 Å². The minimum atomic E-state index is 0.679. The first-order valence-corrected chi connectivity index (χ1v) is 19.5. The van der Waals surface area contributed by atoms with Crippen LogP contribution in [0, 0.1) is 0 Å². The van der Waals surface area contributed by atoms with Crippen molar-refractivity contribution in [1.82, 2.24) is 9.97 Å². The van der Waals surface area contributed by atoms with Gasteiger partial charge in [0.1, 0.15) is 0 Å². The van der Waals surface area contributed by atoms with Gasteiger partial charge in [-0.3, -0.25) is 0 Å². The minimum absolute atomic E-state index is 0.679. The Balaban J connectivity index is 1.04. The van der Waals surface area contributed by atoms with E-state index in [1.165, 1.54) is 0 Å². The van der Waals surface area contributed by atoms with E-state index in [1.807, 2.05) is 60.7 Å². The van der Waals surface area contributed by atoms with E-state index in [2.05, 4.69) is 162 Å². The van der Waals surface area contributed by atoms with Crippen LogP contribution >= 0.6 is 0 Å². The zero-order valence-corrected chi connectivity index (χ0v) is 31.7. The molecule has 3 heterocycles. The van der Waals surface area contributed by atoms with Gasteiger partial charge in [-0.1, -0.05) is 146 Å². The molecule has 0 saturated heterocycles. The summed E-state index contributed by atoms with van der Waals surface area (Å²) >= 11 is 0. The number of benzene rings is 7. The van der Waals surface area contributed by atoms with Crippen molar-refractivity contribution in [3.05, 3.63) is 218 Å². The van der Waals surface area contributed by atoms with E-state index < -0.39 is 0 Å². The zero-order valence-electron chi connectivity index (χ0n) is 31.7. The van der Waals surface area contributed by atoms with E-state index >= 15 is 0 Å². The quantitative estimate of drug-likeness (QED) is 0.169. The predicted octanol–water partition coefficient (Wildman–Crippen LogP) is 14.0. The number of anilines is 5. The average Bonchev–Trinajstić information content (AvgIpc) is 3.37. The van der Waals surface area contributed by atoms with Gasteiger partial charge in [0.2, 0.25) is 0 Å². The molecular formula is C53H38N4O. The summed E-state index contributed by atoms with van der Waals surface area (Å²) in [5, 5.41) is 0. The molecule has 5 nitrogen and oxygen atoms in total. The zero-order chi connectivity index (χ0) is 38.8. The fourth-order valence-electron chi connectivity index (χ4n) is 7.77. The van der Waals surface area contributed by atoms with Crippen molar-refractivity contribution in [2.75, 3.05) is 16.3 Å².